The minimum Gasteiger partial charge on any atom is -0.398 e. The molecule has 1 fully saturated rings. The second-order valence-electron chi connectivity index (χ2n) is 10.1. The van der Waals surface area contributed by atoms with Crippen LogP contribution in [-0.4, -0.2) is 32.6 Å². The van der Waals surface area contributed by atoms with Crippen LogP contribution in [0.25, 0.3) is 0 Å². The molecule has 3 aromatic rings. The molecule has 0 radical (unpaired) electrons. The fourth-order valence-electron chi connectivity index (χ4n) is 5.69. The predicted molar refractivity (Wildman–Crippen MR) is 139 cm³/mol. The van der Waals surface area contributed by atoms with Crippen LogP contribution in [0.2, 0.25) is 0 Å². The molecule has 7 nitrogen and oxygen atoms in total. The second-order valence-corrected chi connectivity index (χ2v) is 10.1. The molecule has 2 aromatic heterocycles. The molecule has 3 heterocycles. The highest BCUT2D eigenvalue weighted by molar-refractivity contribution is 5.62. The quantitative estimate of drug-likeness (QED) is 0.561. The van der Waals surface area contributed by atoms with Crippen molar-refractivity contribution in [1.29, 1.82) is 5.26 Å². The van der Waals surface area contributed by atoms with Crippen LogP contribution in [0.15, 0.2) is 24.5 Å². The van der Waals surface area contributed by atoms with Gasteiger partial charge in [0, 0.05) is 56.6 Å². The summed E-state index contributed by atoms with van der Waals surface area (Å²) in [7, 11) is 2.06. The number of hydrogen-bond acceptors (Lipinski definition) is 6. The standard InChI is InChI=1S/C28H35N7/c1-4-26-32-25-14-22-20(10-11-24(30)23(22)15-29)18(2)8-6-5-7-9-21(25)28(33-26)35-16-19(17-35)27-31-12-13-34(27)3/h10-13,18-19H,4-9,14,16-17,30H2,1-3H3. The van der Waals surface area contributed by atoms with E-state index in [0.29, 0.717) is 29.5 Å². The van der Waals surface area contributed by atoms with Crippen LogP contribution >= 0.6 is 0 Å². The molecular formula is C28H35N7. The van der Waals surface area contributed by atoms with Gasteiger partial charge in [-0.15, -0.1) is 0 Å². The van der Waals surface area contributed by atoms with Crippen LogP contribution < -0.4 is 10.6 Å². The number of nitrogens with zero attached hydrogens (tertiary/aromatic N) is 6. The first-order valence-corrected chi connectivity index (χ1v) is 12.9. The van der Waals surface area contributed by atoms with Crippen molar-refractivity contribution in [3.8, 4) is 6.07 Å². The van der Waals surface area contributed by atoms with Gasteiger partial charge in [-0.3, -0.25) is 0 Å². The van der Waals surface area contributed by atoms with Crippen LogP contribution in [-0.2, 0) is 26.3 Å². The summed E-state index contributed by atoms with van der Waals surface area (Å²) in [6.45, 7) is 6.22. The van der Waals surface area contributed by atoms with E-state index in [1.807, 2.05) is 18.5 Å². The van der Waals surface area contributed by atoms with Crippen molar-refractivity contribution < 1.29 is 0 Å². The summed E-state index contributed by atoms with van der Waals surface area (Å²) in [5.41, 5.74) is 12.0. The summed E-state index contributed by atoms with van der Waals surface area (Å²) < 4.78 is 2.12. The third kappa shape index (κ3) is 4.38. The summed E-state index contributed by atoms with van der Waals surface area (Å²) in [6, 6.07) is 6.43. The van der Waals surface area contributed by atoms with Crippen molar-refractivity contribution >= 4 is 11.5 Å². The highest BCUT2D eigenvalue weighted by Gasteiger charge is 2.34. The number of benzene rings is 1. The minimum atomic E-state index is 0.389. The number of anilines is 2. The number of imidazole rings is 1. The summed E-state index contributed by atoms with van der Waals surface area (Å²) in [6.07, 6.45) is 10.9. The Bertz CT molecular complexity index is 1260. The lowest BCUT2D eigenvalue weighted by molar-refractivity contribution is 0.480. The Balaban J connectivity index is 1.58. The fraction of sp³-hybridized carbons (Fsp3) is 0.500. The van der Waals surface area contributed by atoms with Crippen LogP contribution in [0.5, 0.6) is 0 Å². The van der Waals surface area contributed by atoms with E-state index < -0.39 is 0 Å². The first kappa shape index (κ1) is 23.3. The molecule has 0 bridgehead atoms. The number of aryl methyl sites for hydroxylation is 2. The molecule has 2 N–H and O–H groups in total. The molecule has 0 spiro atoms. The Morgan fingerprint density at radius 3 is 2.69 bits per heavy atom. The van der Waals surface area contributed by atoms with Gasteiger partial charge in [0.25, 0.3) is 0 Å². The second kappa shape index (κ2) is 9.69. The van der Waals surface area contributed by atoms with Crippen molar-refractivity contribution in [2.24, 2.45) is 7.05 Å². The van der Waals surface area contributed by atoms with Crippen LogP contribution in [0.3, 0.4) is 0 Å². The van der Waals surface area contributed by atoms with E-state index in [9.17, 15) is 5.26 Å². The molecule has 35 heavy (non-hydrogen) atoms. The molecule has 1 aliphatic heterocycles. The van der Waals surface area contributed by atoms with Gasteiger partial charge in [-0.2, -0.15) is 5.26 Å². The van der Waals surface area contributed by atoms with E-state index in [-0.39, 0.29) is 0 Å². The van der Waals surface area contributed by atoms with E-state index in [1.54, 1.807) is 0 Å². The predicted octanol–water partition coefficient (Wildman–Crippen LogP) is 4.64. The lowest BCUT2D eigenvalue weighted by Gasteiger charge is -2.41. The summed E-state index contributed by atoms with van der Waals surface area (Å²) >= 11 is 0. The van der Waals surface area contributed by atoms with E-state index in [2.05, 4.69) is 47.5 Å². The van der Waals surface area contributed by atoms with Crippen LogP contribution in [0.1, 0.15) is 91.0 Å². The Morgan fingerprint density at radius 1 is 1.14 bits per heavy atom. The van der Waals surface area contributed by atoms with Gasteiger partial charge in [-0.1, -0.05) is 32.8 Å². The molecule has 5 rings (SSSR count). The Hall–Kier alpha value is -3.40. The zero-order chi connectivity index (χ0) is 24.5. The monoisotopic (exact) mass is 469 g/mol. The van der Waals surface area contributed by atoms with Gasteiger partial charge in [-0.25, -0.2) is 15.0 Å². The molecule has 2 aliphatic rings. The largest absolute Gasteiger partial charge is 0.398 e. The molecule has 1 aromatic carbocycles. The molecule has 1 saturated heterocycles. The summed E-state index contributed by atoms with van der Waals surface area (Å²) in [5, 5.41) is 10.0. The normalized spacial score (nSPS) is 18.7. The first-order valence-electron chi connectivity index (χ1n) is 12.9. The summed E-state index contributed by atoms with van der Waals surface area (Å²) in [4.78, 5) is 17.1. The number of nitrogen functional groups attached to an aromatic ring is 1. The van der Waals surface area contributed by atoms with Gasteiger partial charge >= 0.3 is 0 Å². The van der Waals surface area contributed by atoms with Crippen molar-refractivity contribution in [2.45, 2.75) is 70.6 Å². The number of rotatable bonds is 3. The molecule has 182 valence electrons. The number of nitriles is 1. The van der Waals surface area contributed by atoms with Crippen molar-refractivity contribution in [3.63, 3.8) is 0 Å². The highest BCUT2D eigenvalue weighted by atomic mass is 15.3. The lowest BCUT2D eigenvalue weighted by Crippen LogP contribution is -2.47. The van der Waals surface area contributed by atoms with E-state index in [4.69, 9.17) is 15.7 Å². The van der Waals surface area contributed by atoms with Gasteiger partial charge in [0.2, 0.25) is 0 Å². The maximum atomic E-state index is 10.0. The topological polar surface area (TPSA) is 96.7 Å². The molecule has 1 aliphatic carbocycles. The fourth-order valence-corrected chi connectivity index (χ4v) is 5.69. The van der Waals surface area contributed by atoms with E-state index in [1.165, 1.54) is 24.0 Å². The Labute approximate surface area is 208 Å². The average Bonchev–Trinajstić information content (AvgIpc) is 3.22. The van der Waals surface area contributed by atoms with Gasteiger partial charge in [-0.05, 0) is 42.4 Å². The van der Waals surface area contributed by atoms with Gasteiger partial charge < -0.3 is 15.2 Å². The lowest BCUT2D eigenvalue weighted by atomic mass is 9.86. The number of aromatic nitrogens is 4. The van der Waals surface area contributed by atoms with Crippen molar-refractivity contribution in [2.75, 3.05) is 23.7 Å². The zero-order valence-electron chi connectivity index (χ0n) is 21.1. The van der Waals surface area contributed by atoms with Crippen LogP contribution in [0.4, 0.5) is 11.5 Å². The Kier molecular flexibility index (Phi) is 6.46. The number of fused-ring (bicyclic) bond motifs is 2. The first-order chi connectivity index (χ1) is 17.0. The molecule has 1 unspecified atom stereocenters. The molecule has 0 saturated carbocycles. The minimum absolute atomic E-state index is 0.389. The van der Waals surface area contributed by atoms with E-state index in [0.717, 1.165) is 67.5 Å². The van der Waals surface area contributed by atoms with Gasteiger partial charge in [0.1, 0.15) is 23.5 Å². The third-order valence-corrected chi connectivity index (χ3v) is 7.77. The average molecular weight is 470 g/mol. The van der Waals surface area contributed by atoms with Gasteiger partial charge in [0.05, 0.1) is 17.2 Å². The molecular weight excluding hydrogens is 434 g/mol. The molecule has 1 atom stereocenters. The molecule has 7 heteroatoms. The zero-order valence-corrected chi connectivity index (χ0v) is 21.1. The number of hydrogen-bond donors (Lipinski definition) is 1. The Morgan fingerprint density at radius 2 is 1.97 bits per heavy atom. The molecule has 0 amide bonds. The smallest absolute Gasteiger partial charge is 0.135 e. The summed E-state index contributed by atoms with van der Waals surface area (Å²) in [5.74, 6) is 3.88. The third-order valence-electron chi connectivity index (χ3n) is 7.77. The highest BCUT2D eigenvalue weighted by Crippen LogP contribution is 2.37. The maximum absolute atomic E-state index is 10.0. The van der Waals surface area contributed by atoms with E-state index >= 15 is 0 Å². The van der Waals surface area contributed by atoms with Crippen LogP contribution in [0, 0.1) is 11.3 Å². The van der Waals surface area contributed by atoms with Gasteiger partial charge in [0.15, 0.2) is 0 Å². The van der Waals surface area contributed by atoms with Crippen molar-refractivity contribution in [3.05, 3.63) is 64.1 Å². The van der Waals surface area contributed by atoms with Crippen molar-refractivity contribution in [1.82, 2.24) is 19.5 Å². The maximum Gasteiger partial charge on any atom is 0.135 e. The SMILES string of the molecule is CCc1nc2c(c(N3CC(c4nccn4C)C3)n1)CCCCCC(C)c1ccc(N)c(C#N)c1C2. The number of nitrogens with two attached hydrogens (primary N) is 1.